The Morgan fingerprint density at radius 2 is 1.77 bits per heavy atom. The molecule has 22 heavy (non-hydrogen) atoms. The average molecular weight is 301 g/mol. The summed E-state index contributed by atoms with van der Waals surface area (Å²) in [6, 6.07) is 9.31. The van der Waals surface area contributed by atoms with Crippen LogP contribution < -0.4 is 0 Å². The molecular weight excluding hydrogens is 274 g/mol. The van der Waals surface area contributed by atoms with Crippen molar-refractivity contribution in [2.45, 2.75) is 70.8 Å². The van der Waals surface area contributed by atoms with Crippen molar-refractivity contribution in [1.29, 1.82) is 0 Å². The number of ketones is 1. The summed E-state index contributed by atoms with van der Waals surface area (Å²) in [5.41, 5.74) is 1.26. The highest BCUT2D eigenvalue weighted by atomic mass is 16.6. The van der Waals surface area contributed by atoms with Crippen LogP contribution in [0.15, 0.2) is 35.5 Å². The minimum Gasteiger partial charge on any atom is -0.392 e. The molecule has 2 rings (SSSR count). The van der Waals surface area contributed by atoms with Gasteiger partial charge in [-0.2, -0.15) is 0 Å². The molecule has 1 heterocycles. The monoisotopic (exact) mass is 301 g/mol. The summed E-state index contributed by atoms with van der Waals surface area (Å²) < 4.78 is 0. The fraction of sp³-hybridized carbons (Fsp3) is 0.579. The number of oxime groups is 1. The highest BCUT2D eigenvalue weighted by Crippen LogP contribution is 2.20. The number of benzene rings is 1. The van der Waals surface area contributed by atoms with Crippen LogP contribution >= 0.6 is 0 Å². The molecule has 3 nitrogen and oxygen atoms in total. The number of nitrogens with zero attached hydrogens (tertiary/aromatic N) is 1. The molecule has 0 saturated carbocycles. The van der Waals surface area contributed by atoms with Crippen molar-refractivity contribution in [2.75, 3.05) is 0 Å². The molecule has 1 atom stereocenters. The first-order valence-electron chi connectivity index (χ1n) is 8.63. The number of rotatable bonds is 10. The lowest BCUT2D eigenvalue weighted by molar-refractivity contribution is 0.0769. The summed E-state index contributed by atoms with van der Waals surface area (Å²) in [5, 5.41) is 4.00. The minimum absolute atomic E-state index is 0.00247. The van der Waals surface area contributed by atoms with Crippen LogP contribution in [-0.4, -0.2) is 17.6 Å². The Morgan fingerprint density at radius 3 is 2.50 bits per heavy atom. The fourth-order valence-electron chi connectivity index (χ4n) is 2.80. The van der Waals surface area contributed by atoms with Crippen LogP contribution in [0.1, 0.15) is 75.1 Å². The van der Waals surface area contributed by atoms with Crippen molar-refractivity contribution in [3.05, 3.63) is 35.9 Å². The van der Waals surface area contributed by atoms with Crippen molar-refractivity contribution in [2.24, 2.45) is 5.16 Å². The molecule has 1 aliphatic heterocycles. The van der Waals surface area contributed by atoms with E-state index in [0.717, 1.165) is 6.42 Å². The van der Waals surface area contributed by atoms with Gasteiger partial charge < -0.3 is 4.84 Å². The quantitative estimate of drug-likeness (QED) is 0.442. The lowest BCUT2D eigenvalue weighted by atomic mass is 10.00. The van der Waals surface area contributed by atoms with E-state index in [2.05, 4.69) is 12.1 Å². The summed E-state index contributed by atoms with van der Waals surface area (Å²) in [5.74, 6) is 0.00247. The van der Waals surface area contributed by atoms with E-state index in [-0.39, 0.29) is 11.9 Å². The molecule has 0 spiro atoms. The van der Waals surface area contributed by atoms with Crippen molar-refractivity contribution >= 4 is 11.5 Å². The van der Waals surface area contributed by atoms with Gasteiger partial charge in [0.05, 0.1) is 0 Å². The van der Waals surface area contributed by atoms with Crippen LogP contribution in [0.4, 0.5) is 0 Å². The van der Waals surface area contributed by atoms with E-state index >= 15 is 0 Å². The maximum absolute atomic E-state index is 12.3. The predicted molar refractivity (Wildman–Crippen MR) is 90.3 cm³/mol. The van der Waals surface area contributed by atoms with Gasteiger partial charge in [-0.25, -0.2) is 0 Å². The summed E-state index contributed by atoms with van der Waals surface area (Å²) in [7, 11) is 0. The third kappa shape index (κ3) is 5.28. The van der Waals surface area contributed by atoms with Crippen LogP contribution in [0.2, 0.25) is 0 Å². The first kappa shape index (κ1) is 16.7. The Kier molecular flexibility index (Phi) is 7.14. The molecule has 3 heteroatoms. The second-order valence-corrected chi connectivity index (χ2v) is 6.07. The number of Topliss-reactive ketones (excluding diaryl/α,β-unsaturated/α-hetero) is 1. The van der Waals surface area contributed by atoms with Gasteiger partial charge in [0.15, 0.2) is 0 Å². The molecule has 0 amide bonds. The van der Waals surface area contributed by atoms with E-state index in [1.807, 2.05) is 30.3 Å². The Bertz CT molecular complexity index is 481. The highest BCUT2D eigenvalue weighted by Gasteiger charge is 2.26. The zero-order chi connectivity index (χ0) is 15.6. The van der Waals surface area contributed by atoms with Crippen molar-refractivity contribution < 1.29 is 9.63 Å². The number of hydrogen-bond acceptors (Lipinski definition) is 3. The minimum atomic E-state index is 0.00247. The molecule has 1 aromatic carbocycles. The smallest absolute Gasteiger partial charge is 0.210 e. The van der Waals surface area contributed by atoms with Crippen molar-refractivity contribution in [3.63, 3.8) is 0 Å². The van der Waals surface area contributed by atoms with Gasteiger partial charge in [0.1, 0.15) is 11.8 Å². The van der Waals surface area contributed by atoms with Gasteiger partial charge in [-0.15, -0.1) is 0 Å². The molecule has 0 radical (unpaired) electrons. The SMILES string of the molecule is CCCCCCCCCC1CC(C(=O)c2ccccc2)=NO1. The van der Waals surface area contributed by atoms with Crippen LogP contribution in [0.25, 0.3) is 0 Å². The molecule has 1 aliphatic rings. The number of carbonyl (C=O) groups is 1. The molecular formula is C19H27NO2. The summed E-state index contributed by atoms with van der Waals surface area (Å²) in [4.78, 5) is 17.7. The van der Waals surface area contributed by atoms with Gasteiger partial charge in [-0.3, -0.25) is 4.79 Å². The van der Waals surface area contributed by atoms with Gasteiger partial charge in [0, 0.05) is 12.0 Å². The third-order valence-electron chi connectivity index (χ3n) is 4.16. The lowest BCUT2D eigenvalue weighted by Crippen LogP contribution is -2.15. The van der Waals surface area contributed by atoms with E-state index in [0.29, 0.717) is 17.7 Å². The van der Waals surface area contributed by atoms with E-state index in [1.54, 1.807) is 0 Å². The average Bonchev–Trinajstić information content (AvgIpc) is 3.03. The molecule has 120 valence electrons. The maximum atomic E-state index is 12.3. The van der Waals surface area contributed by atoms with Gasteiger partial charge in [0.25, 0.3) is 0 Å². The van der Waals surface area contributed by atoms with Gasteiger partial charge in [-0.1, -0.05) is 80.9 Å². The Balaban J connectivity index is 1.62. The van der Waals surface area contributed by atoms with Crippen LogP contribution in [-0.2, 0) is 4.84 Å². The van der Waals surface area contributed by atoms with Crippen LogP contribution in [0.3, 0.4) is 0 Å². The Morgan fingerprint density at radius 1 is 1.09 bits per heavy atom. The first-order valence-corrected chi connectivity index (χ1v) is 8.63. The zero-order valence-electron chi connectivity index (χ0n) is 13.6. The second kappa shape index (κ2) is 9.39. The normalized spacial score (nSPS) is 17.1. The molecule has 1 aromatic rings. The van der Waals surface area contributed by atoms with Gasteiger partial charge in [0.2, 0.25) is 5.78 Å². The molecule has 0 fully saturated rings. The second-order valence-electron chi connectivity index (χ2n) is 6.07. The summed E-state index contributed by atoms with van der Waals surface area (Å²) in [6.45, 7) is 2.24. The molecule has 0 aliphatic carbocycles. The van der Waals surface area contributed by atoms with Crippen molar-refractivity contribution in [3.8, 4) is 0 Å². The first-order chi connectivity index (χ1) is 10.8. The number of carbonyl (C=O) groups excluding carboxylic acids is 1. The van der Waals surface area contributed by atoms with Gasteiger partial charge in [-0.05, 0) is 12.8 Å². The highest BCUT2D eigenvalue weighted by molar-refractivity contribution is 6.46. The number of hydrogen-bond donors (Lipinski definition) is 0. The molecule has 0 bridgehead atoms. The van der Waals surface area contributed by atoms with E-state index in [4.69, 9.17) is 4.84 Å². The molecule has 0 saturated heterocycles. The Labute approximate surface area is 133 Å². The maximum Gasteiger partial charge on any atom is 0.210 e. The van der Waals surface area contributed by atoms with Crippen molar-refractivity contribution in [1.82, 2.24) is 0 Å². The molecule has 1 unspecified atom stereocenters. The number of unbranched alkanes of at least 4 members (excludes halogenated alkanes) is 6. The van der Waals surface area contributed by atoms with Crippen LogP contribution in [0, 0.1) is 0 Å². The lowest BCUT2D eigenvalue weighted by Gasteiger charge is -2.07. The topological polar surface area (TPSA) is 38.7 Å². The van der Waals surface area contributed by atoms with E-state index < -0.39 is 0 Å². The molecule has 0 aromatic heterocycles. The third-order valence-corrected chi connectivity index (χ3v) is 4.16. The predicted octanol–water partition coefficient (Wildman–Crippen LogP) is 5.15. The summed E-state index contributed by atoms with van der Waals surface area (Å²) >= 11 is 0. The zero-order valence-corrected chi connectivity index (χ0v) is 13.6. The standard InChI is InChI=1S/C19H27NO2/c1-2-3-4-5-6-7-11-14-17-15-18(20-22-17)19(21)16-12-9-8-10-13-16/h8-10,12-13,17H,2-7,11,14-15H2,1H3. The van der Waals surface area contributed by atoms with Crippen LogP contribution in [0.5, 0.6) is 0 Å². The fourth-order valence-corrected chi connectivity index (χ4v) is 2.80. The largest absolute Gasteiger partial charge is 0.392 e. The summed E-state index contributed by atoms with van der Waals surface area (Å²) in [6.07, 6.45) is 10.8. The Hall–Kier alpha value is -1.64. The molecule has 0 N–H and O–H groups in total. The van der Waals surface area contributed by atoms with Gasteiger partial charge >= 0.3 is 0 Å². The van der Waals surface area contributed by atoms with E-state index in [9.17, 15) is 4.79 Å². The van der Waals surface area contributed by atoms with E-state index in [1.165, 1.54) is 44.9 Å².